The molecule has 2 aromatic heterocycles. The quantitative estimate of drug-likeness (QED) is 0.333. The van der Waals surface area contributed by atoms with Gasteiger partial charge in [-0.15, -0.1) is 11.3 Å². The zero-order valence-electron chi connectivity index (χ0n) is 22.0. The normalized spacial score (nSPS) is 14.5. The van der Waals surface area contributed by atoms with E-state index in [1.165, 1.54) is 11.3 Å². The molecular weight excluding hydrogens is 508 g/mol. The number of nitrogens with zero attached hydrogens (tertiary/aromatic N) is 6. The summed E-state index contributed by atoms with van der Waals surface area (Å²) in [4.78, 5) is 33.8. The molecule has 3 heterocycles. The van der Waals surface area contributed by atoms with E-state index in [0.29, 0.717) is 16.2 Å². The van der Waals surface area contributed by atoms with Gasteiger partial charge in [-0.25, -0.2) is 14.4 Å². The van der Waals surface area contributed by atoms with Gasteiger partial charge in [-0.2, -0.15) is 5.10 Å². The van der Waals surface area contributed by atoms with Crippen LogP contribution in [0.4, 0.5) is 11.4 Å². The maximum atomic E-state index is 13.6. The minimum Gasteiger partial charge on any atom is -0.309 e. The molecule has 0 spiro atoms. The van der Waals surface area contributed by atoms with Gasteiger partial charge < -0.3 is 4.90 Å². The molecule has 8 nitrogen and oxygen atoms in total. The van der Waals surface area contributed by atoms with E-state index >= 15 is 0 Å². The molecule has 6 rings (SSSR count). The molecular formula is C30H26N6O2S. The number of benzene rings is 3. The molecule has 0 saturated carbocycles. The van der Waals surface area contributed by atoms with Crippen LogP contribution in [0.3, 0.4) is 0 Å². The molecule has 1 aliphatic rings. The van der Waals surface area contributed by atoms with Crippen molar-refractivity contribution < 1.29 is 4.79 Å². The zero-order chi connectivity index (χ0) is 27.3. The third kappa shape index (κ3) is 4.07. The van der Waals surface area contributed by atoms with Crippen molar-refractivity contribution in [1.82, 2.24) is 14.0 Å². The Bertz CT molecular complexity index is 1890. The molecule has 0 atom stereocenters. The first-order valence-corrected chi connectivity index (χ1v) is 13.4. The Kier molecular flexibility index (Phi) is 6.00. The first kappa shape index (κ1) is 24.6. The molecule has 0 radical (unpaired) electrons. The zero-order valence-corrected chi connectivity index (χ0v) is 22.8. The number of carbonyl (C=O) groups is 1. The van der Waals surface area contributed by atoms with Gasteiger partial charge in [0, 0.05) is 30.6 Å². The number of thiazole rings is 1. The molecule has 1 amide bonds. The third-order valence-corrected chi connectivity index (χ3v) is 7.81. The summed E-state index contributed by atoms with van der Waals surface area (Å²) in [5.41, 5.74) is 6.30. The minimum absolute atomic E-state index is 0.196. The molecule has 3 aromatic carbocycles. The van der Waals surface area contributed by atoms with E-state index in [-0.39, 0.29) is 11.5 Å². The van der Waals surface area contributed by atoms with Gasteiger partial charge in [-0.05, 0) is 32.0 Å². The van der Waals surface area contributed by atoms with Gasteiger partial charge >= 0.3 is 0 Å². The van der Waals surface area contributed by atoms with Crippen LogP contribution in [0.5, 0.6) is 0 Å². The van der Waals surface area contributed by atoms with E-state index in [1.54, 1.807) is 26.0 Å². The van der Waals surface area contributed by atoms with Crippen molar-refractivity contribution in [1.29, 1.82) is 0 Å². The third-order valence-electron chi connectivity index (χ3n) is 6.99. The molecule has 0 aliphatic carbocycles. The number of aryl methyl sites for hydroxylation is 1. The summed E-state index contributed by atoms with van der Waals surface area (Å²) in [5, 5.41) is 6.83. The summed E-state index contributed by atoms with van der Waals surface area (Å²) in [6, 6.07) is 25.2. The molecule has 0 unspecified atom stereocenters. The van der Waals surface area contributed by atoms with Crippen molar-refractivity contribution in [3.63, 3.8) is 0 Å². The number of carbonyl (C=O) groups excluding carboxylic acids is 1. The van der Waals surface area contributed by atoms with Crippen molar-refractivity contribution in [3.05, 3.63) is 116 Å². The Balaban J connectivity index is 1.60. The number of para-hydroxylation sites is 2. The smallest absolute Gasteiger partial charge is 0.297 e. The van der Waals surface area contributed by atoms with Crippen molar-refractivity contribution in [2.24, 2.45) is 17.1 Å². The molecule has 0 saturated heterocycles. The minimum atomic E-state index is -0.229. The predicted octanol–water partition coefficient (Wildman–Crippen LogP) is 4.78. The SMILES string of the molecule is Cc1ccc(-c2csc(=Nc3c(C)n(C)n(-c4ccccc4)c3=O)n2N=C2C(=O)N(C)c3ccccc32)cc1. The van der Waals surface area contributed by atoms with Crippen LogP contribution in [-0.4, -0.2) is 32.7 Å². The number of hydrogen-bond donors (Lipinski definition) is 0. The average molecular weight is 535 g/mol. The van der Waals surface area contributed by atoms with E-state index in [1.807, 2.05) is 105 Å². The van der Waals surface area contributed by atoms with Gasteiger partial charge in [0.25, 0.3) is 11.5 Å². The van der Waals surface area contributed by atoms with Gasteiger partial charge in [-0.3, -0.25) is 14.3 Å². The van der Waals surface area contributed by atoms with Gasteiger partial charge in [-0.1, -0.05) is 66.2 Å². The first-order valence-electron chi connectivity index (χ1n) is 12.5. The van der Waals surface area contributed by atoms with Crippen molar-refractivity contribution in [2.45, 2.75) is 13.8 Å². The first-order chi connectivity index (χ1) is 18.8. The number of aromatic nitrogens is 3. The second-order valence-electron chi connectivity index (χ2n) is 9.43. The number of hydrogen-bond acceptors (Lipinski definition) is 5. The fourth-order valence-corrected chi connectivity index (χ4v) is 5.56. The Morgan fingerprint density at radius 2 is 1.51 bits per heavy atom. The highest BCUT2D eigenvalue weighted by Crippen LogP contribution is 2.29. The lowest BCUT2D eigenvalue weighted by Crippen LogP contribution is -2.27. The van der Waals surface area contributed by atoms with E-state index < -0.39 is 0 Å². The summed E-state index contributed by atoms with van der Waals surface area (Å²) < 4.78 is 5.08. The molecule has 39 heavy (non-hydrogen) atoms. The van der Waals surface area contributed by atoms with Crippen LogP contribution in [0.25, 0.3) is 16.9 Å². The lowest BCUT2D eigenvalue weighted by molar-refractivity contribution is -0.112. The average Bonchev–Trinajstić information content (AvgIpc) is 3.53. The molecule has 1 aliphatic heterocycles. The van der Waals surface area contributed by atoms with Crippen molar-refractivity contribution in [3.8, 4) is 16.9 Å². The van der Waals surface area contributed by atoms with Crippen LogP contribution in [0, 0.1) is 13.8 Å². The summed E-state index contributed by atoms with van der Waals surface area (Å²) >= 11 is 1.37. The summed E-state index contributed by atoms with van der Waals surface area (Å²) in [6.45, 7) is 3.91. The molecule has 9 heteroatoms. The van der Waals surface area contributed by atoms with Crippen LogP contribution >= 0.6 is 11.3 Å². The number of likely N-dealkylation sites (N-methyl/N-ethyl adjacent to an activating group) is 1. The van der Waals surface area contributed by atoms with Crippen molar-refractivity contribution >= 4 is 34.3 Å². The van der Waals surface area contributed by atoms with E-state index in [4.69, 9.17) is 10.1 Å². The lowest BCUT2D eigenvalue weighted by Gasteiger charge is -2.08. The highest BCUT2D eigenvalue weighted by Gasteiger charge is 2.31. The molecule has 194 valence electrons. The van der Waals surface area contributed by atoms with Gasteiger partial charge in [0.15, 0.2) is 11.4 Å². The molecule has 0 N–H and O–H groups in total. The lowest BCUT2D eigenvalue weighted by atomic mass is 10.1. The summed E-state index contributed by atoms with van der Waals surface area (Å²) in [6.07, 6.45) is 0. The number of fused-ring (bicyclic) bond motifs is 1. The van der Waals surface area contributed by atoms with Crippen LogP contribution in [-0.2, 0) is 11.8 Å². The van der Waals surface area contributed by atoms with Crippen molar-refractivity contribution in [2.75, 3.05) is 11.9 Å². The van der Waals surface area contributed by atoms with E-state index in [2.05, 4.69) is 0 Å². The number of anilines is 1. The maximum Gasteiger partial charge on any atom is 0.297 e. The molecule has 0 bridgehead atoms. The second-order valence-corrected chi connectivity index (χ2v) is 10.3. The number of amides is 1. The Hall–Kier alpha value is -4.76. The predicted molar refractivity (Wildman–Crippen MR) is 155 cm³/mol. The molecule has 0 fully saturated rings. The highest BCUT2D eigenvalue weighted by atomic mass is 32.1. The highest BCUT2D eigenvalue weighted by molar-refractivity contribution is 7.07. The molecule has 5 aromatic rings. The summed E-state index contributed by atoms with van der Waals surface area (Å²) in [5.74, 6) is -0.196. The number of rotatable bonds is 4. The standard InChI is InChI=1S/C30H26N6O2S/c1-19-14-16-21(17-15-19)25-18-39-30(35(25)32-27-23-12-8-9-13-24(23)33(3)28(27)37)31-26-20(2)34(4)36(29(26)38)22-10-6-5-7-11-22/h5-18H,1-4H3. The van der Waals surface area contributed by atoms with Gasteiger partial charge in [0.1, 0.15) is 0 Å². The second kappa shape index (κ2) is 9.52. The maximum absolute atomic E-state index is 13.6. The topological polar surface area (TPSA) is 76.9 Å². The van der Waals surface area contributed by atoms with Gasteiger partial charge in [0.2, 0.25) is 4.80 Å². The fourth-order valence-electron chi connectivity index (χ4n) is 4.72. The van der Waals surface area contributed by atoms with Crippen LogP contribution in [0.2, 0.25) is 0 Å². The Morgan fingerprint density at radius 3 is 2.26 bits per heavy atom. The largest absolute Gasteiger partial charge is 0.309 e. The van der Waals surface area contributed by atoms with Crippen LogP contribution in [0.1, 0.15) is 16.8 Å². The van der Waals surface area contributed by atoms with E-state index in [0.717, 1.165) is 39.5 Å². The van der Waals surface area contributed by atoms with Crippen LogP contribution < -0.4 is 15.3 Å². The Labute approximate surface area is 229 Å². The van der Waals surface area contributed by atoms with E-state index in [9.17, 15) is 9.59 Å². The fraction of sp³-hybridized carbons (Fsp3) is 0.133. The Morgan fingerprint density at radius 1 is 0.821 bits per heavy atom. The van der Waals surface area contributed by atoms with Crippen LogP contribution in [0.15, 0.2) is 99.1 Å². The summed E-state index contributed by atoms with van der Waals surface area (Å²) in [7, 11) is 3.58. The van der Waals surface area contributed by atoms with Gasteiger partial charge in [0.05, 0.1) is 22.8 Å². The monoisotopic (exact) mass is 534 g/mol.